The fourth-order valence-electron chi connectivity index (χ4n) is 4.06. The first kappa shape index (κ1) is 20.4. The minimum atomic E-state index is -3.17. The monoisotopic (exact) mass is 397 g/mol. The van der Waals surface area contributed by atoms with E-state index >= 15 is 0 Å². The van der Waals surface area contributed by atoms with Crippen molar-refractivity contribution in [3.05, 3.63) is 24.2 Å². The van der Waals surface area contributed by atoms with Gasteiger partial charge in [-0.25, -0.2) is 12.7 Å². The van der Waals surface area contributed by atoms with Crippen LogP contribution in [0.2, 0.25) is 0 Å². The second-order valence-corrected chi connectivity index (χ2v) is 9.91. The molecule has 0 radical (unpaired) electrons. The van der Waals surface area contributed by atoms with E-state index in [2.05, 4.69) is 11.9 Å². The average Bonchev–Trinajstić information content (AvgIpc) is 3.20. The van der Waals surface area contributed by atoms with Gasteiger partial charge in [0.05, 0.1) is 18.6 Å². The first-order valence-electron chi connectivity index (χ1n) is 9.90. The molecule has 2 fully saturated rings. The van der Waals surface area contributed by atoms with Gasteiger partial charge in [-0.2, -0.15) is 0 Å². The molecular formula is C19H31N3O4S. The van der Waals surface area contributed by atoms with Crippen molar-refractivity contribution in [2.75, 3.05) is 39.0 Å². The summed E-state index contributed by atoms with van der Waals surface area (Å²) in [6, 6.07) is 3.98. The lowest BCUT2D eigenvalue weighted by atomic mass is 9.94. The van der Waals surface area contributed by atoms with Gasteiger partial charge < -0.3 is 14.2 Å². The molecule has 1 aromatic heterocycles. The lowest BCUT2D eigenvalue weighted by molar-refractivity contribution is -0.141. The maximum Gasteiger partial charge on any atom is 0.226 e. The van der Waals surface area contributed by atoms with Crippen LogP contribution < -0.4 is 0 Å². The molecule has 0 bridgehead atoms. The van der Waals surface area contributed by atoms with E-state index in [4.69, 9.17) is 4.42 Å². The molecule has 0 spiro atoms. The van der Waals surface area contributed by atoms with Crippen molar-refractivity contribution in [2.45, 2.75) is 45.2 Å². The van der Waals surface area contributed by atoms with Gasteiger partial charge in [0.15, 0.2) is 0 Å². The molecule has 0 aliphatic carbocycles. The van der Waals surface area contributed by atoms with Crippen LogP contribution in [0.1, 0.15) is 38.4 Å². The highest BCUT2D eigenvalue weighted by atomic mass is 32.2. The number of carbonyl (C=O) groups is 1. The molecule has 0 aromatic carbocycles. The SMILES string of the molecule is CCS(=O)(=O)N1CCC(C(=O)N(Cc2ccco2)C2CCN(C)CC2)CC1. The van der Waals surface area contributed by atoms with Crippen molar-refractivity contribution in [1.82, 2.24) is 14.1 Å². The molecule has 0 saturated carbocycles. The zero-order valence-electron chi connectivity index (χ0n) is 16.3. The number of rotatable bonds is 6. The second-order valence-electron chi connectivity index (χ2n) is 7.65. The van der Waals surface area contributed by atoms with E-state index in [0.717, 1.165) is 31.7 Å². The third-order valence-corrected chi connectivity index (χ3v) is 7.76. The lowest BCUT2D eigenvalue weighted by Gasteiger charge is -2.40. The minimum Gasteiger partial charge on any atom is -0.467 e. The molecule has 8 heteroatoms. The van der Waals surface area contributed by atoms with Crippen molar-refractivity contribution >= 4 is 15.9 Å². The van der Waals surface area contributed by atoms with Crippen LogP contribution in [0.5, 0.6) is 0 Å². The van der Waals surface area contributed by atoms with Gasteiger partial charge in [-0.3, -0.25) is 4.79 Å². The molecule has 0 atom stereocenters. The smallest absolute Gasteiger partial charge is 0.226 e. The van der Waals surface area contributed by atoms with E-state index in [1.165, 1.54) is 4.31 Å². The van der Waals surface area contributed by atoms with Gasteiger partial charge in [-0.15, -0.1) is 0 Å². The summed E-state index contributed by atoms with van der Waals surface area (Å²) in [7, 11) is -1.06. The number of nitrogens with zero attached hydrogens (tertiary/aromatic N) is 3. The van der Waals surface area contributed by atoms with E-state index in [1.54, 1.807) is 13.2 Å². The molecule has 0 unspecified atom stereocenters. The molecule has 3 heterocycles. The lowest BCUT2D eigenvalue weighted by Crippen LogP contribution is -2.50. The van der Waals surface area contributed by atoms with E-state index in [0.29, 0.717) is 32.5 Å². The quantitative estimate of drug-likeness (QED) is 0.731. The Hall–Kier alpha value is -1.38. The Morgan fingerprint density at radius 3 is 2.41 bits per heavy atom. The maximum atomic E-state index is 13.3. The third-order valence-electron chi connectivity index (χ3n) is 5.88. The Kier molecular flexibility index (Phi) is 6.60. The highest BCUT2D eigenvalue weighted by Crippen LogP contribution is 2.26. The first-order valence-corrected chi connectivity index (χ1v) is 11.5. The van der Waals surface area contributed by atoms with Gasteiger partial charge in [0.1, 0.15) is 5.76 Å². The van der Waals surface area contributed by atoms with Gasteiger partial charge in [-0.1, -0.05) is 0 Å². The van der Waals surface area contributed by atoms with Gasteiger partial charge in [0.2, 0.25) is 15.9 Å². The Labute approximate surface area is 162 Å². The number of likely N-dealkylation sites (tertiary alicyclic amines) is 1. The average molecular weight is 398 g/mol. The molecule has 0 N–H and O–H groups in total. The van der Waals surface area contributed by atoms with E-state index in [-0.39, 0.29) is 23.6 Å². The van der Waals surface area contributed by atoms with Crippen LogP contribution in [-0.4, -0.2) is 73.5 Å². The third kappa shape index (κ3) is 4.92. The van der Waals surface area contributed by atoms with Gasteiger partial charge in [-0.05, 0) is 64.9 Å². The van der Waals surface area contributed by atoms with Gasteiger partial charge in [0.25, 0.3) is 0 Å². The minimum absolute atomic E-state index is 0.108. The molecule has 27 heavy (non-hydrogen) atoms. The first-order chi connectivity index (χ1) is 12.9. The number of hydrogen-bond acceptors (Lipinski definition) is 5. The largest absolute Gasteiger partial charge is 0.467 e. The summed E-state index contributed by atoms with van der Waals surface area (Å²) in [4.78, 5) is 17.6. The molecule has 1 aromatic rings. The molecule has 152 valence electrons. The van der Waals surface area contributed by atoms with Crippen LogP contribution in [0.4, 0.5) is 0 Å². The normalized spacial score (nSPS) is 21.4. The molecule has 3 rings (SSSR count). The van der Waals surface area contributed by atoms with Crippen molar-refractivity contribution < 1.29 is 17.6 Å². The fourth-order valence-corrected chi connectivity index (χ4v) is 5.19. The van der Waals surface area contributed by atoms with Crippen LogP contribution in [0.25, 0.3) is 0 Å². The van der Waals surface area contributed by atoms with E-state index in [9.17, 15) is 13.2 Å². The van der Waals surface area contributed by atoms with Crippen LogP contribution >= 0.6 is 0 Å². The summed E-state index contributed by atoms with van der Waals surface area (Å²) >= 11 is 0. The maximum absolute atomic E-state index is 13.3. The molecule has 2 saturated heterocycles. The summed E-state index contributed by atoms with van der Waals surface area (Å²) in [5.74, 6) is 0.955. The fraction of sp³-hybridized carbons (Fsp3) is 0.737. The van der Waals surface area contributed by atoms with Crippen LogP contribution in [0.15, 0.2) is 22.8 Å². The topological polar surface area (TPSA) is 74.1 Å². The zero-order chi connectivity index (χ0) is 19.4. The number of carbonyl (C=O) groups excluding carboxylic acids is 1. The van der Waals surface area contributed by atoms with Gasteiger partial charge >= 0.3 is 0 Å². The Morgan fingerprint density at radius 1 is 1.19 bits per heavy atom. The number of amides is 1. The van der Waals surface area contributed by atoms with Crippen molar-refractivity contribution in [3.8, 4) is 0 Å². The van der Waals surface area contributed by atoms with Crippen LogP contribution in [0.3, 0.4) is 0 Å². The molecule has 1 amide bonds. The zero-order valence-corrected chi connectivity index (χ0v) is 17.2. The van der Waals surface area contributed by atoms with Crippen LogP contribution in [0, 0.1) is 5.92 Å². The molecular weight excluding hydrogens is 366 g/mol. The number of furan rings is 1. The van der Waals surface area contributed by atoms with E-state index < -0.39 is 10.0 Å². The molecule has 7 nitrogen and oxygen atoms in total. The Balaban J connectivity index is 1.67. The van der Waals surface area contributed by atoms with Crippen molar-refractivity contribution in [1.29, 1.82) is 0 Å². The molecule has 2 aliphatic rings. The summed E-state index contributed by atoms with van der Waals surface area (Å²) in [6.45, 7) is 5.01. The van der Waals surface area contributed by atoms with Crippen molar-refractivity contribution in [3.63, 3.8) is 0 Å². The van der Waals surface area contributed by atoms with E-state index in [1.807, 2.05) is 17.0 Å². The Morgan fingerprint density at radius 2 is 1.85 bits per heavy atom. The van der Waals surface area contributed by atoms with Crippen LogP contribution in [-0.2, 0) is 21.4 Å². The number of hydrogen-bond donors (Lipinski definition) is 0. The summed E-state index contributed by atoms with van der Waals surface area (Å²) < 4.78 is 31.2. The number of piperidine rings is 2. The van der Waals surface area contributed by atoms with Crippen molar-refractivity contribution in [2.24, 2.45) is 5.92 Å². The summed E-state index contributed by atoms with van der Waals surface area (Å²) in [5, 5.41) is 0. The predicted octanol–water partition coefficient (Wildman–Crippen LogP) is 1.76. The standard InChI is InChI=1S/C19H31N3O4S/c1-3-27(24,25)21-12-6-16(7-13-21)19(23)22(15-18-5-4-14-26-18)17-8-10-20(2)11-9-17/h4-5,14,16-17H,3,6-13,15H2,1-2H3. The highest BCUT2D eigenvalue weighted by molar-refractivity contribution is 7.89. The van der Waals surface area contributed by atoms with Gasteiger partial charge in [0, 0.05) is 25.0 Å². The summed E-state index contributed by atoms with van der Waals surface area (Å²) in [5.41, 5.74) is 0. The molecule has 2 aliphatic heterocycles. The Bertz CT molecular complexity index is 703. The highest BCUT2D eigenvalue weighted by Gasteiger charge is 2.35. The second kappa shape index (κ2) is 8.75. The predicted molar refractivity (Wildman–Crippen MR) is 104 cm³/mol. The summed E-state index contributed by atoms with van der Waals surface area (Å²) in [6.07, 6.45) is 4.76. The number of sulfonamides is 1.